The van der Waals surface area contributed by atoms with Crippen LogP contribution in [0.3, 0.4) is 0 Å². The van der Waals surface area contributed by atoms with Crippen molar-refractivity contribution in [1.82, 2.24) is 54.6 Å². The standard InChI is InChI=1S/C24H33ClN6O2S2.C20H25ClN6OS.C13H26N2OS.C11H8Cl2N4OS.C7H6ClNOS.C4H3BrClN3.ClH/c1-23(2,3)35(33)30-17-8-5-9-24(17)10-12-31(13-11-24)18-14-28-22(20(26)29-18)34-16-7-4-6-15(19(16)25)21(27)32;21-16-12(18(24)28)3-1-4-13(16)29-19-17(23)26-15(11-25-19)27-9-7-20(8-10-27)6-2-5-14(20)22;1-12(2,3)17(16)15-11-5-4-6-13(11)7-9-14-10-8-13;12-7-4-16-11(9(14)17-7)19-6-3-1-2-5(8(6)13)10(15)18;8-6-4(7(9)10)2-1-3-5(6)11;5-3-4(7)9-2(6)1-8-3;/h4,6-7,14,17,30H,5,8-13H2,1-3H3,(H2,26,29)(H2,27,32);1,3-4,11,14H,2,5-10,22H2,(H2,23,26)(H2,24,28);11,14-15H,4-10H2,1-3H3;1-4H,(H2,14,17)(H2,15,18);1-3,11H,(H2,9,10);1H,(H2,7,9);1H/t17-,35-;14-;11-,17-;;;;/m111..../s1. The van der Waals surface area contributed by atoms with Gasteiger partial charge in [0.05, 0.1) is 98.6 Å². The van der Waals surface area contributed by atoms with Crippen LogP contribution in [0, 0.1) is 16.2 Å². The zero-order valence-electron chi connectivity index (χ0n) is 67.5. The molecule has 7 heterocycles. The SMILES string of the molecule is CC(C)(C)[S@@](=O)N[C@@H]1CCCC12CCN(c1cnc(Sc3cccc(C(N)=O)c3Cl)c(N)n1)CC2.CC(C)(C)[S@@](=O)N[C@@H]1CCCC12CCNCC2.Cl.NC(=O)c1cccc(S)c1Cl.NC(=O)c1cccc(Sc2ncc(Cl)nc2N)c1Cl.NC(=O)c1cccc(Sc2ncc(N3CCC4(CCC[C@H]4N)CC3)nc2N)c1Cl.Nc1nc(Cl)cnc1Br. The molecule has 21 N–H and O–H groups in total. The van der Waals surface area contributed by atoms with Crippen LogP contribution in [0.1, 0.15) is 179 Å². The van der Waals surface area contributed by atoms with Gasteiger partial charge >= 0.3 is 0 Å². The molecule has 3 aliphatic carbocycles. The van der Waals surface area contributed by atoms with E-state index in [4.69, 9.17) is 121 Å². The molecule has 5 atom stereocenters. The van der Waals surface area contributed by atoms with Crippen LogP contribution < -0.4 is 76.2 Å². The van der Waals surface area contributed by atoms with Crippen molar-refractivity contribution in [1.29, 1.82) is 0 Å². The predicted octanol–water partition coefficient (Wildman–Crippen LogP) is 15.4. The van der Waals surface area contributed by atoms with Gasteiger partial charge in [-0.3, -0.25) is 19.2 Å². The van der Waals surface area contributed by atoms with E-state index in [1.165, 1.54) is 92.6 Å². The maximum absolute atomic E-state index is 12.7. The number of nitrogens with two attached hydrogens (primary N) is 9. The molecule has 4 aromatic carbocycles. The average Bonchev–Trinajstić information content (AvgIpc) is 1.68. The Balaban J connectivity index is 0.000000190. The normalized spacial score (nSPS) is 18.6. The average molecular weight is 1980 g/mol. The number of benzene rings is 4. The van der Waals surface area contributed by atoms with Crippen molar-refractivity contribution in [2.45, 2.75) is 200 Å². The van der Waals surface area contributed by atoms with E-state index in [0.29, 0.717) is 100 Å². The minimum Gasteiger partial charge on any atom is -0.381 e. The number of hydrogen-bond acceptors (Lipinski definition) is 26. The van der Waals surface area contributed by atoms with E-state index >= 15 is 0 Å². The highest BCUT2D eigenvalue weighted by atomic mass is 79.9. The maximum atomic E-state index is 12.7. The fraction of sp³-hybridized carbons (Fsp3) is 0.443. The van der Waals surface area contributed by atoms with Crippen molar-refractivity contribution >= 4 is 226 Å². The van der Waals surface area contributed by atoms with Gasteiger partial charge in [0.2, 0.25) is 23.6 Å². The van der Waals surface area contributed by atoms with Gasteiger partial charge in [-0.05, 0) is 212 Å². The molecule has 656 valence electrons. The topological polar surface area (TPSA) is 482 Å². The number of nitrogens with zero attached hydrogens (tertiary/aromatic N) is 10. The van der Waals surface area contributed by atoms with Crippen molar-refractivity contribution < 1.29 is 27.6 Å². The highest BCUT2D eigenvalue weighted by molar-refractivity contribution is 9.10. The number of carbonyl (C=O) groups is 4. The molecule has 6 fully saturated rings. The third-order valence-corrected chi connectivity index (χ3v) is 31.5. The van der Waals surface area contributed by atoms with Gasteiger partial charge in [0, 0.05) is 63.9 Å². The lowest BCUT2D eigenvalue weighted by atomic mass is 9.74. The van der Waals surface area contributed by atoms with Gasteiger partial charge in [-0.2, -0.15) is 0 Å². The zero-order valence-corrected chi connectivity index (χ0v) is 79.4. The molecule has 0 radical (unpaired) electrons. The molecule has 121 heavy (non-hydrogen) atoms. The van der Waals surface area contributed by atoms with E-state index in [0.717, 1.165) is 102 Å². The molecule has 0 bridgehead atoms. The van der Waals surface area contributed by atoms with Crippen molar-refractivity contribution in [2.75, 3.05) is 72.0 Å². The predicted molar refractivity (Wildman–Crippen MR) is 502 cm³/mol. The summed E-state index contributed by atoms with van der Waals surface area (Å²) in [5, 5.41) is 6.61. The second-order valence-electron chi connectivity index (χ2n) is 31.5. The number of amides is 4. The van der Waals surface area contributed by atoms with Crippen LogP contribution in [0.4, 0.5) is 34.9 Å². The number of rotatable bonds is 16. The van der Waals surface area contributed by atoms with Gasteiger partial charge in [0.1, 0.15) is 41.6 Å². The summed E-state index contributed by atoms with van der Waals surface area (Å²) in [6, 6.07) is 21.1. The minimum absolute atomic E-state index is 0. The summed E-state index contributed by atoms with van der Waals surface area (Å²) in [5.74, 6) is 0.398. The summed E-state index contributed by atoms with van der Waals surface area (Å²) in [5.41, 5.74) is 52.8. The number of anilines is 6. The Morgan fingerprint density at radius 2 is 0.810 bits per heavy atom. The summed E-state index contributed by atoms with van der Waals surface area (Å²) in [6.45, 7) is 17.9. The van der Waals surface area contributed by atoms with Gasteiger partial charge in [-0.15, -0.1) is 25.0 Å². The van der Waals surface area contributed by atoms with E-state index in [9.17, 15) is 27.6 Å². The Labute approximate surface area is 773 Å². The lowest BCUT2D eigenvalue weighted by molar-refractivity contribution is 0.0991. The van der Waals surface area contributed by atoms with E-state index in [1.54, 1.807) is 85.2 Å². The molecule has 3 aliphatic heterocycles. The first-order valence-corrected chi connectivity index (χ1v) is 46.8. The van der Waals surface area contributed by atoms with Crippen molar-refractivity contribution in [3.8, 4) is 0 Å². The van der Waals surface area contributed by atoms with Crippen LogP contribution >= 0.6 is 146 Å². The Kier molecular flexibility index (Phi) is 37.2. The summed E-state index contributed by atoms with van der Waals surface area (Å²) >= 11 is 46.4. The number of nitrogen functional groups attached to an aromatic ring is 4. The summed E-state index contributed by atoms with van der Waals surface area (Å²) in [4.78, 5) is 85.5. The smallest absolute Gasteiger partial charge is 0.250 e. The summed E-state index contributed by atoms with van der Waals surface area (Å²) < 4.78 is 31.9. The zero-order chi connectivity index (χ0) is 87.8. The first kappa shape index (κ1) is 100. The molecule has 28 nitrogen and oxygen atoms in total. The fourth-order valence-corrected chi connectivity index (χ4v) is 21.2. The Morgan fingerprint density at radius 3 is 1.15 bits per heavy atom. The van der Waals surface area contributed by atoms with Crippen molar-refractivity contribution in [2.24, 2.45) is 44.9 Å². The lowest BCUT2D eigenvalue weighted by Gasteiger charge is -2.44. The van der Waals surface area contributed by atoms with Crippen LogP contribution in [-0.4, -0.2) is 139 Å². The third kappa shape index (κ3) is 26.8. The van der Waals surface area contributed by atoms with E-state index < -0.39 is 45.6 Å². The quantitative estimate of drug-likeness (QED) is 0.0400. The number of carbonyl (C=O) groups excluding carboxylic acids is 4. The Hall–Kier alpha value is -6.07. The largest absolute Gasteiger partial charge is 0.381 e. The van der Waals surface area contributed by atoms with E-state index in [1.807, 2.05) is 41.5 Å². The lowest BCUT2D eigenvalue weighted by Crippen LogP contribution is -2.51. The number of primary amides is 4. The highest BCUT2D eigenvalue weighted by Crippen LogP contribution is 2.50. The molecule has 14 rings (SSSR count). The van der Waals surface area contributed by atoms with Gasteiger partial charge in [-0.1, -0.05) is 148 Å². The van der Waals surface area contributed by atoms with Gasteiger partial charge in [-0.25, -0.2) is 57.7 Å². The van der Waals surface area contributed by atoms with Crippen LogP contribution in [0.25, 0.3) is 0 Å². The molecular formula is C79H102BrCl7N22O6S6. The van der Waals surface area contributed by atoms with Gasteiger partial charge in [0.25, 0.3) is 0 Å². The second-order valence-corrected chi connectivity index (χ2v) is 42.1. The number of halogens is 8. The summed E-state index contributed by atoms with van der Waals surface area (Å²) in [6.07, 6.45) is 23.8. The second kappa shape index (κ2) is 44.9. The number of aromatic nitrogens is 8. The van der Waals surface area contributed by atoms with Crippen molar-refractivity contribution in [3.63, 3.8) is 0 Å². The molecule has 4 amide bonds. The first-order chi connectivity index (χ1) is 56.6. The van der Waals surface area contributed by atoms with Crippen LogP contribution in [-0.2, 0) is 22.0 Å². The van der Waals surface area contributed by atoms with Crippen LogP contribution in [0.2, 0.25) is 30.4 Å². The first-order valence-electron chi connectivity index (χ1n) is 38.5. The number of piperidine rings is 3. The molecule has 6 aliphatic rings. The van der Waals surface area contributed by atoms with E-state index in [-0.39, 0.29) is 71.1 Å². The van der Waals surface area contributed by atoms with Crippen LogP contribution in [0.5, 0.6) is 0 Å². The maximum Gasteiger partial charge on any atom is 0.250 e. The fourth-order valence-electron chi connectivity index (χ4n) is 14.9. The molecule has 3 saturated carbocycles. The summed E-state index contributed by atoms with van der Waals surface area (Å²) in [7, 11) is -1.99. The van der Waals surface area contributed by atoms with E-state index in [2.05, 4.69) is 93.0 Å². The molecule has 3 saturated heterocycles. The highest BCUT2D eigenvalue weighted by Gasteiger charge is 2.48. The van der Waals surface area contributed by atoms with Crippen LogP contribution in [0.15, 0.2) is 137 Å². The molecule has 4 aromatic heterocycles. The number of nitrogens with one attached hydrogen (secondary N) is 3. The molecule has 42 heteroatoms. The Morgan fingerprint density at radius 1 is 0.479 bits per heavy atom. The van der Waals surface area contributed by atoms with Crippen molar-refractivity contribution in [3.05, 3.63) is 155 Å². The molecule has 3 spiro atoms. The number of hydrogen-bond donors (Lipinski definition) is 13. The molecule has 8 aromatic rings. The Bertz CT molecular complexity index is 5030. The molecular weight excluding hydrogens is 1870 g/mol. The number of thiol groups is 1. The molecule has 0 unspecified atom stereocenters. The monoisotopic (exact) mass is 1970 g/mol. The third-order valence-electron chi connectivity index (χ3n) is 21.7. The van der Waals surface area contributed by atoms with Gasteiger partial charge in [0.15, 0.2) is 23.3 Å². The minimum atomic E-state index is -1.07. The van der Waals surface area contributed by atoms with Gasteiger partial charge < -0.3 is 66.7 Å².